The minimum absolute atomic E-state index is 0.110. The van der Waals surface area contributed by atoms with Gasteiger partial charge in [-0.05, 0) is 24.5 Å². The van der Waals surface area contributed by atoms with Gasteiger partial charge in [0.15, 0.2) is 0 Å². The average Bonchev–Trinajstić information content (AvgIpc) is 2.43. The van der Waals surface area contributed by atoms with Gasteiger partial charge in [-0.15, -0.1) is 0 Å². The Morgan fingerprint density at radius 2 is 2.05 bits per heavy atom. The van der Waals surface area contributed by atoms with Crippen molar-refractivity contribution in [2.24, 2.45) is 11.7 Å². The molecule has 2 amide bonds. The summed E-state index contributed by atoms with van der Waals surface area (Å²) in [7, 11) is 3.76. The van der Waals surface area contributed by atoms with E-state index < -0.39 is 17.4 Å². The summed E-state index contributed by atoms with van der Waals surface area (Å²) in [6.07, 6.45) is 2.00. The Kier molecular flexibility index (Phi) is 5.29. The van der Waals surface area contributed by atoms with E-state index in [2.05, 4.69) is 10.3 Å². The van der Waals surface area contributed by atoms with Gasteiger partial charge in [-0.3, -0.25) is 14.6 Å². The Morgan fingerprint density at radius 3 is 2.48 bits per heavy atom. The van der Waals surface area contributed by atoms with Crippen LogP contribution in [0.3, 0.4) is 0 Å². The fourth-order valence-electron chi connectivity index (χ4n) is 2.25. The number of carbonyl (C=O) groups is 2. The van der Waals surface area contributed by atoms with E-state index in [0.29, 0.717) is 6.42 Å². The van der Waals surface area contributed by atoms with Crippen molar-refractivity contribution < 1.29 is 9.59 Å². The summed E-state index contributed by atoms with van der Waals surface area (Å²) in [4.78, 5) is 30.2. The molecule has 21 heavy (non-hydrogen) atoms. The van der Waals surface area contributed by atoms with E-state index in [1.165, 1.54) is 0 Å². The number of hydrogen-bond acceptors (Lipinski definition) is 4. The number of amides is 2. The highest BCUT2D eigenvalue weighted by atomic mass is 16.2. The number of nitrogens with zero attached hydrogens (tertiary/aromatic N) is 2. The summed E-state index contributed by atoms with van der Waals surface area (Å²) in [6, 6.07) is 3.48. The second kappa shape index (κ2) is 6.56. The third-order valence-electron chi connectivity index (χ3n) is 3.81. The normalized spacial score (nSPS) is 13.6. The Bertz CT molecular complexity index is 528. The highest BCUT2D eigenvalue weighted by Crippen LogP contribution is 2.22. The lowest BCUT2D eigenvalue weighted by molar-refractivity contribution is -0.126. The molecule has 0 spiro atoms. The SMILES string of the molecule is CCC(NC(=O)c1cc(N(C)C)ccn1)(C(N)=O)C(C)C. The molecular formula is C15H24N4O2. The zero-order valence-electron chi connectivity index (χ0n) is 13.3. The van der Waals surface area contributed by atoms with E-state index in [1.54, 1.807) is 18.3 Å². The molecule has 3 N–H and O–H groups in total. The smallest absolute Gasteiger partial charge is 0.270 e. The van der Waals surface area contributed by atoms with Crippen molar-refractivity contribution in [1.82, 2.24) is 10.3 Å². The number of anilines is 1. The molecule has 0 saturated heterocycles. The Labute approximate surface area is 125 Å². The van der Waals surface area contributed by atoms with Crippen molar-refractivity contribution in [1.29, 1.82) is 0 Å². The van der Waals surface area contributed by atoms with Crippen molar-refractivity contribution in [3.63, 3.8) is 0 Å². The summed E-state index contributed by atoms with van der Waals surface area (Å²) in [5.41, 5.74) is 5.57. The molecule has 0 fully saturated rings. The fourth-order valence-corrected chi connectivity index (χ4v) is 2.25. The van der Waals surface area contributed by atoms with Gasteiger partial charge in [-0.1, -0.05) is 20.8 Å². The summed E-state index contributed by atoms with van der Waals surface area (Å²) in [6.45, 7) is 5.55. The van der Waals surface area contributed by atoms with E-state index in [9.17, 15) is 9.59 Å². The largest absolute Gasteiger partial charge is 0.378 e. The maximum atomic E-state index is 12.4. The van der Waals surface area contributed by atoms with Gasteiger partial charge in [0, 0.05) is 26.0 Å². The van der Waals surface area contributed by atoms with Crippen LogP contribution >= 0.6 is 0 Å². The molecule has 1 heterocycles. The van der Waals surface area contributed by atoms with Gasteiger partial charge < -0.3 is 16.0 Å². The maximum Gasteiger partial charge on any atom is 0.270 e. The van der Waals surface area contributed by atoms with Crippen molar-refractivity contribution >= 4 is 17.5 Å². The molecule has 0 bridgehead atoms. The molecule has 0 radical (unpaired) electrons. The number of aromatic nitrogens is 1. The molecule has 1 aromatic heterocycles. The van der Waals surface area contributed by atoms with Gasteiger partial charge in [0.05, 0.1) is 0 Å². The third-order valence-corrected chi connectivity index (χ3v) is 3.81. The lowest BCUT2D eigenvalue weighted by atomic mass is 9.83. The van der Waals surface area contributed by atoms with Crippen molar-refractivity contribution in [2.75, 3.05) is 19.0 Å². The van der Waals surface area contributed by atoms with E-state index in [4.69, 9.17) is 5.73 Å². The van der Waals surface area contributed by atoms with Crippen molar-refractivity contribution in [3.05, 3.63) is 24.0 Å². The first-order valence-corrected chi connectivity index (χ1v) is 7.00. The van der Waals surface area contributed by atoms with E-state index in [0.717, 1.165) is 5.69 Å². The first-order valence-electron chi connectivity index (χ1n) is 7.00. The molecule has 116 valence electrons. The van der Waals surface area contributed by atoms with Crippen molar-refractivity contribution in [3.8, 4) is 0 Å². The minimum Gasteiger partial charge on any atom is -0.378 e. The highest BCUT2D eigenvalue weighted by Gasteiger charge is 2.40. The number of pyridine rings is 1. The van der Waals surface area contributed by atoms with Crippen LogP contribution in [0.5, 0.6) is 0 Å². The number of carbonyl (C=O) groups excluding carboxylic acids is 2. The van der Waals surface area contributed by atoms with Crippen LogP contribution in [0, 0.1) is 5.92 Å². The summed E-state index contributed by atoms with van der Waals surface area (Å²) >= 11 is 0. The quantitative estimate of drug-likeness (QED) is 0.823. The van der Waals surface area contributed by atoms with Crippen LogP contribution in [0.2, 0.25) is 0 Å². The van der Waals surface area contributed by atoms with Crippen LogP contribution in [0.4, 0.5) is 5.69 Å². The van der Waals surface area contributed by atoms with Crippen LogP contribution in [-0.4, -0.2) is 36.4 Å². The summed E-state index contributed by atoms with van der Waals surface area (Å²) in [5.74, 6) is -1.04. The van der Waals surface area contributed by atoms with Crippen molar-refractivity contribution in [2.45, 2.75) is 32.7 Å². The van der Waals surface area contributed by atoms with E-state index >= 15 is 0 Å². The van der Waals surface area contributed by atoms with E-state index in [1.807, 2.05) is 39.8 Å². The van der Waals surface area contributed by atoms with Crippen LogP contribution in [-0.2, 0) is 4.79 Å². The van der Waals surface area contributed by atoms with Gasteiger partial charge in [-0.2, -0.15) is 0 Å². The number of nitrogens with one attached hydrogen (secondary N) is 1. The van der Waals surface area contributed by atoms with Gasteiger partial charge >= 0.3 is 0 Å². The molecule has 6 nitrogen and oxygen atoms in total. The highest BCUT2D eigenvalue weighted by molar-refractivity contribution is 5.98. The number of hydrogen-bond donors (Lipinski definition) is 2. The Hall–Kier alpha value is -2.11. The van der Waals surface area contributed by atoms with Gasteiger partial charge in [0.1, 0.15) is 11.2 Å². The van der Waals surface area contributed by atoms with Crippen LogP contribution in [0.1, 0.15) is 37.7 Å². The first kappa shape index (κ1) is 16.9. The average molecular weight is 292 g/mol. The number of primary amides is 1. The molecule has 0 aromatic carbocycles. The molecule has 0 aliphatic rings. The predicted octanol–water partition coefficient (Wildman–Crippen LogP) is 1.17. The molecule has 1 unspecified atom stereocenters. The lowest BCUT2D eigenvalue weighted by Gasteiger charge is -2.34. The Morgan fingerprint density at radius 1 is 1.43 bits per heavy atom. The third kappa shape index (κ3) is 3.51. The molecule has 6 heteroatoms. The van der Waals surface area contributed by atoms with Gasteiger partial charge in [0.2, 0.25) is 5.91 Å². The molecule has 1 rings (SSSR count). The minimum atomic E-state index is -1.06. The summed E-state index contributed by atoms with van der Waals surface area (Å²) in [5, 5.41) is 2.77. The zero-order valence-corrected chi connectivity index (χ0v) is 13.3. The lowest BCUT2D eigenvalue weighted by Crippen LogP contribution is -2.60. The van der Waals surface area contributed by atoms with Crippen LogP contribution in [0.25, 0.3) is 0 Å². The summed E-state index contributed by atoms with van der Waals surface area (Å²) < 4.78 is 0. The standard InChI is InChI=1S/C15H24N4O2/c1-6-15(10(2)3,14(16)21)18-13(20)12-9-11(19(4)5)7-8-17-12/h7-10H,6H2,1-5H3,(H2,16,21)(H,18,20). The molecular weight excluding hydrogens is 268 g/mol. The Balaban J connectivity index is 3.08. The second-order valence-corrected chi connectivity index (χ2v) is 5.59. The molecule has 0 aliphatic carbocycles. The fraction of sp³-hybridized carbons (Fsp3) is 0.533. The second-order valence-electron chi connectivity index (χ2n) is 5.59. The topological polar surface area (TPSA) is 88.3 Å². The zero-order chi connectivity index (χ0) is 16.2. The number of nitrogens with two attached hydrogens (primary N) is 1. The molecule has 1 aromatic rings. The molecule has 0 saturated carbocycles. The predicted molar refractivity (Wildman–Crippen MR) is 83.1 cm³/mol. The first-order chi connectivity index (χ1) is 9.74. The molecule has 0 aliphatic heterocycles. The maximum absolute atomic E-state index is 12.4. The van der Waals surface area contributed by atoms with Crippen LogP contribution in [0.15, 0.2) is 18.3 Å². The van der Waals surface area contributed by atoms with Gasteiger partial charge in [-0.25, -0.2) is 0 Å². The van der Waals surface area contributed by atoms with Crippen LogP contribution < -0.4 is 16.0 Å². The molecule has 1 atom stereocenters. The number of rotatable bonds is 6. The van der Waals surface area contributed by atoms with Gasteiger partial charge in [0.25, 0.3) is 5.91 Å². The monoisotopic (exact) mass is 292 g/mol. The van der Waals surface area contributed by atoms with E-state index in [-0.39, 0.29) is 11.6 Å².